The van der Waals surface area contributed by atoms with Crippen molar-refractivity contribution in [3.8, 4) is 11.5 Å². The van der Waals surface area contributed by atoms with E-state index in [-0.39, 0.29) is 17.1 Å². The molecule has 98 valence electrons. The number of hydrogen-bond donors (Lipinski definition) is 0. The number of ether oxygens (including phenoxy) is 1. The molecular weight excluding hydrogens is 386 g/mol. The molecule has 2 rings (SSSR count). The highest BCUT2D eigenvalue weighted by Gasteiger charge is 2.14. The van der Waals surface area contributed by atoms with Gasteiger partial charge in [-0.2, -0.15) is 4.39 Å². The van der Waals surface area contributed by atoms with Crippen molar-refractivity contribution in [1.29, 1.82) is 0 Å². The van der Waals surface area contributed by atoms with Gasteiger partial charge in [-0.1, -0.05) is 31.9 Å². The summed E-state index contributed by atoms with van der Waals surface area (Å²) in [5.41, 5.74) is 0.239. The van der Waals surface area contributed by atoms with E-state index in [0.717, 1.165) is 6.07 Å². The Balaban J connectivity index is 2.46. The summed E-state index contributed by atoms with van der Waals surface area (Å²) in [6.45, 7) is 0. The summed E-state index contributed by atoms with van der Waals surface area (Å²) in [4.78, 5) is 10.9. The van der Waals surface area contributed by atoms with E-state index in [4.69, 9.17) is 4.74 Å². The molecule has 0 saturated heterocycles. The Morgan fingerprint density at radius 1 is 1.00 bits per heavy atom. The van der Waals surface area contributed by atoms with Crippen LogP contribution in [0.4, 0.5) is 8.78 Å². The first kappa shape index (κ1) is 14.1. The highest BCUT2D eigenvalue weighted by Crippen LogP contribution is 2.32. The smallest absolute Gasteiger partial charge is 0.201 e. The van der Waals surface area contributed by atoms with E-state index in [0.29, 0.717) is 15.2 Å². The second-order valence-corrected chi connectivity index (χ2v) is 5.43. The lowest BCUT2D eigenvalue weighted by Gasteiger charge is -2.10. The molecule has 0 aliphatic heterocycles. The predicted molar refractivity (Wildman–Crippen MR) is 73.7 cm³/mol. The van der Waals surface area contributed by atoms with Crippen LogP contribution in [0.3, 0.4) is 0 Å². The van der Waals surface area contributed by atoms with Gasteiger partial charge in [0.2, 0.25) is 5.82 Å². The molecule has 2 aromatic rings. The maximum atomic E-state index is 13.6. The minimum Gasteiger partial charge on any atom is -0.453 e. The number of carbonyl (C=O) groups is 1. The van der Waals surface area contributed by atoms with Gasteiger partial charge in [-0.3, -0.25) is 4.79 Å². The van der Waals surface area contributed by atoms with Gasteiger partial charge < -0.3 is 4.74 Å². The zero-order valence-electron chi connectivity index (χ0n) is 9.29. The molecular formula is C13H6Br2F2O2. The molecule has 0 fully saturated rings. The number of carbonyl (C=O) groups excluding carboxylic acids is 1. The van der Waals surface area contributed by atoms with E-state index < -0.39 is 11.6 Å². The molecule has 0 spiro atoms. The van der Waals surface area contributed by atoms with Gasteiger partial charge >= 0.3 is 0 Å². The van der Waals surface area contributed by atoms with Crippen LogP contribution in [-0.2, 0) is 0 Å². The molecule has 0 aromatic heterocycles. The lowest BCUT2D eigenvalue weighted by atomic mass is 10.2. The third-order valence-corrected chi connectivity index (χ3v) is 3.23. The molecule has 2 nitrogen and oxygen atoms in total. The molecule has 19 heavy (non-hydrogen) atoms. The molecule has 0 unspecified atom stereocenters. The maximum Gasteiger partial charge on any atom is 0.201 e. The number of aldehydes is 1. The summed E-state index contributed by atoms with van der Waals surface area (Å²) in [5, 5.41) is 0. The first-order valence-corrected chi connectivity index (χ1v) is 6.67. The minimum atomic E-state index is -1.11. The molecule has 0 aliphatic rings. The van der Waals surface area contributed by atoms with Crippen molar-refractivity contribution in [3.05, 3.63) is 56.5 Å². The second-order valence-electron chi connectivity index (χ2n) is 3.60. The molecule has 2 aromatic carbocycles. The fraction of sp³-hybridized carbons (Fsp3) is 0. The van der Waals surface area contributed by atoms with Gasteiger partial charge in [-0.25, -0.2) is 4.39 Å². The normalized spacial score (nSPS) is 10.3. The van der Waals surface area contributed by atoms with Crippen molar-refractivity contribution >= 4 is 38.1 Å². The van der Waals surface area contributed by atoms with E-state index in [1.165, 1.54) is 18.2 Å². The molecule has 0 atom stereocenters. The zero-order valence-corrected chi connectivity index (χ0v) is 12.5. The van der Waals surface area contributed by atoms with Crippen molar-refractivity contribution < 1.29 is 18.3 Å². The Hall–Kier alpha value is -1.27. The third-order valence-electron chi connectivity index (χ3n) is 2.28. The van der Waals surface area contributed by atoms with Gasteiger partial charge in [0.1, 0.15) is 5.75 Å². The molecule has 0 aliphatic carbocycles. The highest BCUT2D eigenvalue weighted by molar-refractivity contribution is 9.10. The largest absolute Gasteiger partial charge is 0.453 e. The van der Waals surface area contributed by atoms with Crippen LogP contribution in [0.1, 0.15) is 10.4 Å². The van der Waals surface area contributed by atoms with Crippen molar-refractivity contribution in [1.82, 2.24) is 0 Å². The van der Waals surface area contributed by atoms with E-state index >= 15 is 0 Å². The Morgan fingerprint density at radius 3 is 2.37 bits per heavy atom. The van der Waals surface area contributed by atoms with Crippen LogP contribution in [0.5, 0.6) is 11.5 Å². The first-order chi connectivity index (χ1) is 9.01. The Bertz CT molecular complexity index is 645. The third kappa shape index (κ3) is 3.19. The summed E-state index contributed by atoms with van der Waals surface area (Å²) in [7, 11) is 0. The molecule has 0 amide bonds. The minimum absolute atomic E-state index is 0.140. The Labute approximate surface area is 124 Å². The molecule has 0 heterocycles. The zero-order chi connectivity index (χ0) is 14.0. The predicted octanol–water partition coefficient (Wildman–Crippen LogP) is 5.09. The van der Waals surface area contributed by atoms with Crippen LogP contribution in [-0.4, -0.2) is 6.29 Å². The van der Waals surface area contributed by atoms with Gasteiger partial charge in [0.05, 0.1) is 5.56 Å². The van der Waals surface area contributed by atoms with Crippen LogP contribution in [0.2, 0.25) is 0 Å². The monoisotopic (exact) mass is 390 g/mol. The Morgan fingerprint density at radius 2 is 1.68 bits per heavy atom. The van der Waals surface area contributed by atoms with Crippen LogP contribution in [0.25, 0.3) is 0 Å². The lowest BCUT2D eigenvalue weighted by Crippen LogP contribution is -1.95. The van der Waals surface area contributed by atoms with Crippen LogP contribution in [0.15, 0.2) is 39.3 Å². The van der Waals surface area contributed by atoms with Gasteiger partial charge in [0.15, 0.2) is 17.9 Å². The van der Waals surface area contributed by atoms with Gasteiger partial charge in [-0.05, 0) is 30.3 Å². The van der Waals surface area contributed by atoms with Gasteiger partial charge in [-0.15, -0.1) is 0 Å². The molecule has 0 saturated carbocycles. The van der Waals surface area contributed by atoms with E-state index in [1.54, 1.807) is 6.07 Å². The topological polar surface area (TPSA) is 26.3 Å². The summed E-state index contributed by atoms with van der Waals surface area (Å²) in [6.07, 6.45) is 0.577. The van der Waals surface area contributed by atoms with Crippen LogP contribution < -0.4 is 4.74 Å². The standard InChI is InChI=1S/C13H6Br2F2O2/c14-8-2-1-7(6-18)11(4-8)19-12-5-9(15)3-10(16)13(12)17/h1-6H. The number of benzene rings is 2. The number of rotatable bonds is 3. The number of halogens is 4. The highest BCUT2D eigenvalue weighted by atomic mass is 79.9. The van der Waals surface area contributed by atoms with Crippen molar-refractivity contribution in [2.24, 2.45) is 0 Å². The molecule has 0 bridgehead atoms. The van der Waals surface area contributed by atoms with Gasteiger partial charge in [0, 0.05) is 8.95 Å². The fourth-order valence-corrected chi connectivity index (χ4v) is 2.17. The average molecular weight is 392 g/mol. The lowest BCUT2D eigenvalue weighted by molar-refractivity contribution is 0.112. The maximum absolute atomic E-state index is 13.6. The summed E-state index contributed by atoms with van der Waals surface area (Å²) in [5.74, 6) is -2.30. The average Bonchev–Trinajstić information content (AvgIpc) is 2.35. The summed E-state index contributed by atoms with van der Waals surface area (Å²) >= 11 is 6.26. The Kier molecular flexibility index (Phi) is 4.31. The van der Waals surface area contributed by atoms with E-state index in [9.17, 15) is 13.6 Å². The van der Waals surface area contributed by atoms with Crippen molar-refractivity contribution in [2.75, 3.05) is 0 Å². The fourth-order valence-electron chi connectivity index (χ4n) is 1.42. The molecule has 0 N–H and O–H groups in total. The first-order valence-electron chi connectivity index (χ1n) is 5.08. The second kappa shape index (κ2) is 5.79. The van der Waals surface area contributed by atoms with Crippen molar-refractivity contribution in [3.63, 3.8) is 0 Å². The van der Waals surface area contributed by atoms with Crippen molar-refractivity contribution in [2.45, 2.75) is 0 Å². The molecule has 6 heteroatoms. The van der Waals surface area contributed by atoms with E-state index in [1.807, 2.05) is 0 Å². The number of hydrogen-bond acceptors (Lipinski definition) is 2. The molecule has 0 radical (unpaired) electrons. The summed E-state index contributed by atoms with van der Waals surface area (Å²) in [6, 6.07) is 6.94. The van der Waals surface area contributed by atoms with Crippen LogP contribution >= 0.6 is 31.9 Å². The summed E-state index contributed by atoms with van der Waals surface area (Å²) < 4.78 is 33.1. The van der Waals surface area contributed by atoms with E-state index in [2.05, 4.69) is 31.9 Å². The van der Waals surface area contributed by atoms with Gasteiger partial charge in [0.25, 0.3) is 0 Å². The quantitative estimate of drug-likeness (QED) is 0.537. The SMILES string of the molecule is O=Cc1ccc(Br)cc1Oc1cc(Br)cc(F)c1F. The van der Waals surface area contributed by atoms with Crippen LogP contribution in [0, 0.1) is 11.6 Å².